The Morgan fingerprint density at radius 3 is 2.55 bits per heavy atom. The first kappa shape index (κ1) is 15.5. The number of hydrogen-bond donors (Lipinski definition) is 2. The number of aliphatic hydroxyl groups is 1. The number of ether oxygens (including phenoxy) is 1. The summed E-state index contributed by atoms with van der Waals surface area (Å²) in [5.41, 5.74) is 1.91. The van der Waals surface area contributed by atoms with Crippen molar-refractivity contribution in [1.29, 1.82) is 0 Å². The Morgan fingerprint density at radius 2 is 2.00 bits per heavy atom. The second-order valence-electron chi connectivity index (χ2n) is 6.35. The normalized spacial score (nSPS) is 19.6. The zero-order chi connectivity index (χ0) is 14.6. The van der Waals surface area contributed by atoms with Crippen molar-refractivity contribution in [3.05, 3.63) is 35.4 Å². The molecule has 2 rings (SSSR count). The van der Waals surface area contributed by atoms with E-state index in [1.54, 1.807) is 7.11 Å². The van der Waals surface area contributed by atoms with Gasteiger partial charge >= 0.3 is 0 Å². The van der Waals surface area contributed by atoms with Gasteiger partial charge in [0.05, 0.1) is 5.60 Å². The number of rotatable bonds is 8. The highest BCUT2D eigenvalue weighted by molar-refractivity contribution is 5.25. The molecule has 0 heterocycles. The van der Waals surface area contributed by atoms with Gasteiger partial charge in [-0.25, -0.2) is 0 Å². The largest absolute Gasteiger partial charge is 0.389 e. The van der Waals surface area contributed by atoms with Crippen LogP contribution in [0.15, 0.2) is 24.3 Å². The van der Waals surface area contributed by atoms with Crippen molar-refractivity contribution in [3.63, 3.8) is 0 Å². The summed E-state index contributed by atoms with van der Waals surface area (Å²) in [6.07, 6.45) is 3.22. The monoisotopic (exact) mass is 277 g/mol. The molecule has 2 unspecified atom stereocenters. The van der Waals surface area contributed by atoms with E-state index >= 15 is 0 Å². The maximum atomic E-state index is 10.3. The Bertz CT molecular complexity index is 410. The van der Waals surface area contributed by atoms with Crippen LogP contribution in [0.1, 0.15) is 43.4 Å². The standard InChI is InChI=1S/C17H27NO2/c1-13-4-6-14(7-5-13)16(15-8-9-15)18-12-17(2,19)10-11-20-3/h4-7,15-16,18-19H,8-12H2,1-3H3. The molecular weight excluding hydrogens is 250 g/mol. The summed E-state index contributed by atoms with van der Waals surface area (Å²) in [4.78, 5) is 0. The van der Waals surface area contributed by atoms with Crippen molar-refractivity contribution in [2.24, 2.45) is 5.92 Å². The van der Waals surface area contributed by atoms with Gasteiger partial charge in [0.2, 0.25) is 0 Å². The maximum Gasteiger partial charge on any atom is 0.0765 e. The Hall–Kier alpha value is -0.900. The van der Waals surface area contributed by atoms with E-state index in [-0.39, 0.29) is 0 Å². The summed E-state index contributed by atoms with van der Waals surface area (Å²) in [6, 6.07) is 9.10. The van der Waals surface area contributed by atoms with Gasteiger partial charge in [-0.1, -0.05) is 29.8 Å². The molecule has 20 heavy (non-hydrogen) atoms. The molecule has 112 valence electrons. The first-order valence-corrected chi connectivity index (χ1v) is 7.53. The van der Waals surface area contributed by atoms with E-state index in [1.165, 1.54) is 24.0 Å². The third kappa shape index (κ3) is 4.58. The highest BCUT2D eigenvalue weighted by Gasteiger charge is 2.33. The molecule has 0 radical (unpaired) electrons. The van der Waals surface area contributed by atoms with E-state index in [2.05, 4.69) is 36.5 Å². The van der Waals surface area contributed by atoms with Crippen LogP contribution in [-0.4, -0.2) is 31.0 Å². The molecule has 0 bridgehead atoms. The molecule has 0 aromatic heterocycles. The number of nitrogens with one attached hydrogen (secondary N) is 1. The van der Waals surface area contributed by atoms with Crippen molar-refractivity contribution < 1.29 is 9.84 Å². The molecule has 1 aliphatic carbocycles. The van der Waals surface area contributed by atoms with E-state index in [1.807, 2.05) is 6.92 Å². The van der Waals surface area contributed by atoms with Crippen LogP contribution in [0.25, 0.3) is 0 Å². The number of benzene rings is 1. The molecule has 0 aliphatic heterocycles. The Balaban J connectivity index is 1.94. The summed E-state index contributed by atoms with van der Waals surface area (Å²) >= 11 is 0. The zero-order valence-electron chi connectivity index (χ0n) is 12.9. The van der Waals surface area contributed by atoms with Gasteiger partial charge in [-0.3, -0.25) is 0 Å². The van der Waals surface area contributed by atoms with Gasteiger partial charge in [-0.15, -0.1) is 0 Å². The summed E-state index contributed by atoms with van der Waals surface area (Å²) in [5.74, 6) is 0.718. The maximum absolute atomic E-state index is 10.3. The Labute approximate surface area is 122 Å². The fraction of sp³-hybridized carbons (Fsp3) is 0.647. The topological polar surface area (TPSA) is 41.5 Å². The molecule has 1 aliphatic rings. The average molecular weight is 277 g/mol. The van der Waals surface area contributed by atoms with Gasteiger partial charge < -0.3 is 15.2 Å². The molecule has 1 aromatic carbocycles. The predicted octanol–water partition coefficient (Wildman–Crippen LogP) is 2.82. The van der Waals surface area contributed by atoms with Crippen molar-refractivity contribution in [2.45, 2.75) is 44.8 Å². The summed E-state index contributed by atoms with van der Waals surface area (Å²) in [5, 5.41) is 13.9. The van der Waals surface area contributed by atoms with Crippen LogP contribution in [0.3, 0.4) is 0 Å². The van der Waals surface area contributed by atoms with Crippen LogP contribution in [0.4, 0.5) is 0 Å². The van der Waals surface area contributed by atoms with E-state index in [0.29, 0.717) is 25.6 Å². The quantitative estimate of drug-likeness (QED) is 0.768. The van der Waals surface area contributed by atoms with Crippen LogP contribution in [0.2, 0.25) is 0 Å². The summed E-state index contributed by atoms with van der Waals surface area (Å²) in [7, 11) is 1.67. The third-order valence-corrected chi connectivity index (χ3v) is 4.08. The minimum atomic E-state index is -0.714. The smallest absolute Gasteiger partial charge is 0.0765 e. The van der Waals surface area contributed by atoms with E-state index in [9.17, 15) is 5.11 Å². The molecule has 1 saturated carbocycles. The molecule has 1 fully saturated rings. The first-order valence-electron chi connectivity index (χ1n) is 7.53. The second kappa shape index (κ2) is 6.70. The number of hydrogen-bond acceptors (Lipinski definition) is 3. The molecule has 0 spiro atoms. The summed E-state index contributed by atoms with van der Waals surface area (Å²) < 4.78 is 5.05. The molecule has 1 aromatic rings. The van der Waals surface area contributed by atoms with Crippen LogP contribution in [-0.2, 0) is 4.74 Å². The predicted molar refractivity (Wildman–Crippen MR) is 81.8 cm³/mol. The molecule has 0 saturated heterocycles. The van der Waals surface area contributed by atoms with Crippen LogP contribution < -0.4 is 5.32 Å². The number of aryl methyl sites for hydroxylation is 1. The van der Waals surface area contributed by atoms with Gasteiger partial charge in [0.15, 0.2) is 0 Å². The minimum Gasteiger partial charge on any atom is -0.389 e. The van der Waals surface area contributed by atoms with Crippen LogP contribution >= 0.6 is 0 Å². The van der Waals surface area contributed by atoms with Gasteiger partial charge in [-0.05, 0) is 38.2 Å². The van der Waals surface area contributed by atoms with Gasteiger partial charge in [0.25, 0.3) is 0 Å². The highest BCUT2D eigenvalue weighted by Crippen LogP contribution is 2.41. The van der Waals surface area contributed by atoms with E-state index in [0.717, 1.165) is 5.92 Å². The lowest BCUT2D eigenvalue weighted by molar-refractivity contribution is 0.0221. The molecule has 2 N–H and O–H groups in total. The number of methoxy groups -OCH3 is 1. The van der Waals surface area contributed by atoms with Crippen LogP contribution in [0.5, 0.6) is 0 Å². The second-order valence-corrected chi connectivity index (χ2v) is 6.35. The zero-order valence-corrected chi connectivity index (χ0v) is 12.9. The van der Waals surface area contributed by atoms with Gasteiger partial charge in [-0.2, -0.15) is 0 Å². The third-order valence-electron chi connectivity index (χ3n) is 4.08. The lowest BCUT2D eigenvalue weighted by Gasteiger charge is -2.27. The molecule has 3 nitrogen and oxygen atoms in total. The van der Waals surface area contributed by atoms with E-state index < -0.39 is 5.60 Å². The van der Waals surface area contributed by atoms with Crippen molar-refractivity contribution in [3.8, 4) is 0 Å². The van der Waals surface area contributed by atoms with Gasteiger partial charge in [0.1, 0.15) is 0 Å². The minimum absolute atomic E-state index is 0.365. The SMILES string of the molecule is COCCC(C)(O)CNC(c1ccc(C)cc1)C1CC1. The molecular formula is C17H27NO2. The van der Waals surface area contributed by atoms with Crippen molar-refractivity contribution in [1.82, 2.24) is 5.32 Å². The van der Waals surface area contributed by atoms with Gasteiger partial charge in [0, 0.05) is 32.7 Å². The first-order chi connectivity index (χ1) is 9.52. The lowest BCUT2D eigenvalue weighted by Crippen LogP contribution is -2.40. The van der Waals surface area contributed by atoms with Crippen molar-refractivity contribution >= 4 is 0 Å². The Kier molecular flexibility index (Phi) is 5.19. The molecule has 2 atom stereocenters. The molecule has 0 amide bonds. The highest BCUT2D eigenvalue weighted by atomic mass is 16.5. The summed E-state index contributed by atoms with van der Waals surface area (Å²) in [6.45, 7) is 5.18. The van der Waals surface area contributed by atoms with Crippen molar-refractivity contribution in [2.75, 3.05) is 20.3 Å². The fourth-order valence-corrected chi connectivity index (χ4v) is 2.50. The van der Waals surface area contributed by atoms with Crippen LogP contribution in [0, 0.1) is 12.8 Å². The fourth-order valence-electron chi connectivity index (χ4n) is 2.50. The Morgan fingerprint density at radius 1 is 1.35 bits per heavy atom. The average Bonchev–Trinajstić information content (AvgIpc) is 3.23. The lowest BCUT2D eigenvalue weighted by atomic mass is 9.98. The molecule has 3 heteroatoms. The van der Waals surface area contributed by atoms with E-state index in [4.69, 9.17) is 4.74 Å².